The highest BCUT2D eigenvalue weighted by atomic mass is 32.7. The van der Waals surface area contributed by atoms with Crippen LogP contribution in [0.5, 0.6) is 0 Å². The van der Waals surface area contributed by atoms with Gasteiger partial charge in [0.1, 0.15) is 0 Å². The van der Waals surface area contributed by atoms with Gasteiger partial charge in [0.05, 0.1) is 0 Å². The maximum absolute atomic E-state index is 9.12. The average Bonchev–Trinajstić information content (AvgIpc) is 1.36. The fourth-order valence-electron chi connectivity index (χ4n) is 0. The summed E-state index contributed by atoms with van der Waals surface area (Å²) in [5.74, 6) is 0. The molecule has 6 heteroatoms. The molecule has 0 aliphatic rings. The van der Waals surface area contributed by atoms with Crippen LogP contribution in [-0.2, 0) is 15.3 Å². The highest BCUT2D eigenvalue weighted by Crippen LogP contribution is 2.08. The van der Waals surface area contributed by atoms with Crippen LogP contribution in [0.25, 0.3) is 0 Å². The van der Waals surface area contributed by atoms with Crippen LogP contribution in [0.2, 0.25) is 0 Å². The van der Waals surface area contributed by atoms with E-state index in [4.69, 9.17) is 18.2 Å². The molecule has 36 valence electrons. The lowest BCUT2D eigenvalue weighted by molar-refractivity contribution is -0.158. The SMILES string of the molecule is O=[P+]([O-])S(=O)[O-]. The Morgan fingerprint density at radius 1 is 1.67 bits per heavy atom. The highest BCUT2D eigenvalue weighted by Gasteiger charge is 1.94. The van der Waals surface area contributed by atoms with E-state index in [1.807, 2.05) is 0 Å². The molecule has 0 amide bonds. The second-order valence-electron chi connectivity index (χ2n) is 0.441. The zero-order valence-corrected chi connectivity index (χ0v) is 4.20. The Morgan fingerprint density at radius 2 is 1.83 bits per heavy atom. The first-order chi connectivity index (χ1) is 2.64. The lowest BCUT2D eigenvalue weighted by Crippen LogP contribution is -1.90. The zero-order chi connectivity index (χ0) is 5.15. The van der Waals surface area contributed by atoms with Crippen LogP contribution in [0.15, 0.2) is 0 Å². The van der Waals surface area contributed by atoms with Gasteiger partial charge in [0.2, 0.25) is 0 Å². The molecule has 0 saturated heterocycles. The van der Waals surface area contributed by atoms with Gasteiger partial charge in [0, 0.05) is 0 Å². The molecule has 0 aromatic heterocycles. The third-order valence-electron chi connectivity index (χ3n) is 0.122. The Kier molecular flexibility index (Phi) is 2.43. The topological polar surface area (TPSA) is 80.3 Å². The predicted octanol–water partition coefficient (Wildman–Crippen LogP) is -1.12. The van der Waals surface area contributed by atoms with E-state index in [9.17, 15) is 0 Å². The van der Waals surface area contributed by atoms with Gasteiger partial charge < -0.3 is 9.45 Å². The smallest absolute Gasteiger partial charge is 0.400 e. The summed E-state index contributed by atoms with van der Waals surface area (Å²) in [4.78, 5) is 9.12. The van der Waals surface area contributed by atoms with E-state index in [2.05, 4.69) is 0 Å². The van der Waals surface area contributed by atoms with Crippen LogP contribution >= 0.6 is 7.23 Å². The molecule has 0 spiro atoms. The lowest BCUT2D eigenvalue weighted by atomic mass is 15.9. The maximum Gasteiger partial charge on any atom is 0.400 e. The molecule has 0 fully saturated rings. The summed E-state index contributed by atoms with van der Waals surface area (Å²) in [5, 5.41) is 0. The van der Waals surface area contributed by atoms with Crippen molar-refractivity contribution < 1.29 is 18.2 Å². The summed E-state index contributed by atoms with van der Waals surface area (Å²) in [6.07, 6.45) is 0. The van der Waals surface area contributed by atoms with Gasteiger partial charge in [-0.15, -0.1) is 0 Å². The maximum atomic E-state index is 9.12. The summed E-state index contributed by atoms with van der Waals surface area (Å²) in [6.45, 7) is 0. The number of hydrogen-bond acceptors (Lipinski definition) is 4. The minimum atomic E-state index is -3.24. The molecule has 2 atom stereocenters. The molecule has 0 aliphatic carbocycles. The van der Waals surface area contributed by atoms with E-state index in [1.54, 1.807) is 0 Å². The Labute approximate surface area is 37.1 Å². The van der Waals surface area contributed by atoms with Crippen LogP contribution in [-0.4, -0.2) is 8.76 Å². The van der Waals surface area contributed by atoms with Crippen LogP contribution in [0.1, 0.15) is 0 Å². The van der Waals surface area contributed by atoms with E-state index < -0.39 is 17.9 Å². The Morgan fingerprint density at radius 3 is 1.83 bits per heavy atom. The Bertz CT molecular complexity index is 73.5. The summed E-state index contributed by atoms with van der Waals surface area (Å²) < 4.78 is 27.3. The molecule has 0 bridgehead atoms. The van der Waals surface area contributed by atoms with Crippen LogP contribution in [0.4, 0.5) is 0 Å². The van der Waals surface area contributed by atoms with E-state index in [1.165, 1.54) is 0 Å². The van der Waals surface area contributed by atoms with Crippen molar-refractivity contribution in [1.82, 2.24) is 0 Å². The molecule has 0 aromatic carbocycles. The largest absolute Gasteiger partial charge is 0.732 e. The van der Waals surface area contributed by atoms with Gasteiger partial charge in [-0.3, -0.25) is 0 Å². The number of hydrogen-bond donors (Lipinski definition) is 0. The summed E-state index contributed by atoms with van der Waals surface area (Å²) >= 11 is 0. The molecule has 2 unspecified atom stereocenters. The molecule has 4 nitrogen and oxygen atoms in total. The average molecular weight is 127 g/mol. The first-order valence-corrected chi connectivity index (χ1v) is 3.74. The Balaban J connectivity index is 3.57. The normalized spacial score (nSPS) is 16.7. The molecular weight excluding hydrogens is 127 g/mol. The molecule has 0 N–H and O–H groups in total. The van der Waals surface area contributed by atoms with Crippen LogP contribution < -0.4 is 4.89 Å². The quantitative estimate of drug-likeness (QED) is 0.330. The summed E-state index contributed by atoms with van der Waals surface area (Å²) in [6, 6.07) is 0. The van der Waals surface area contributed by atoms with Gasteiger partial charge in [-0.25, -0.2) is 4.21 Å². The fourth-order valence-corrected chi connectivity index (χ4v) is 0. The third kappa shape index (κ3) is 2.41. The lowest BCUT2D eigenvalue weighted by Gasteiger charge is -1.85. The molecule has 0 aromatic rings. The first kappa shape index (κ1) is 6.17. The minimum Gasteiger partial charge on any atom is -0.732 e. The minimum absolute atomic E-state index is 2.91. The fraction of sp³-hybridized carbons (Fsp3) is 0. The van der Waals surface area contributed by atoms with Crippen molar-refractivity contribution in [3.63, 3.8) is 0 Å². The van der Waals surface area contributed by atoms with Gasteiger partial charge in [-0.1, -0.05) is 4.57 Å². The third-order valence-corrected chi connectivity index (χ3v) is 1.10. The number of rotatable bonds is 1. The van der Waals surface area contributed by atoms with Crippen molar-refractivity contribution >= 4 is 17.9 Å². The second-order valence-corrected chi connectivity index (χ2v) is 3.11. The van der Waals surface area contributed by atoms with Gasteiger partial charge in [-0.05, 0) is 0 Å². The molecule has 0 rings (SSSR count). The molecule has 6 heavy (non-hydrogen) atoms. The zero-order valence-electron chi connectivity index (χ0n) is 2.49. The predicted molar refractivity (Wildman–Crippen MR) is 16.5 cm³/mol. The standard InChI is InChI=1S/HO4PS/c1-5(2)6(3)4/h(H,3,4)/p-1. The van der Waals surface area contributed by atoms with Crippen molar-refractivity contribution in [3.8, 4) is 0 Å². The highest BCUT2D eigenvalue weighted by molar-refractivity contribution is 8.36. The molecule has 0 radical (unpaired) electrons. The second kappa shape index (κ2) is 2.36. The van der Waals surface area contributed by atoms with Gasteiger partial charge in [0.15, 0.2) is 10.7 Å². The molecule has 0 saturated carbocycles. The first-order valence-electron chi connectivity index (χ1n) is 0.881. The molecular formula is O4PS-. The molecule has 0 heterocycles. The van der Waals surface area contributed by atoms with Gasteiger partial charge in [0.25, 0.3) is 0 Å². The van der Waals surface area contributed by atoms with Crippen molar-refractivity contribution in [1.29, 1.82) is 0 Å². The van der Waals surface area contributed by atoms with E-state index >= 15 is 0 Å². The van der Waals surface area contributed by atoms with Gasteiger partial charge >= 0.3 is 7.23 Å². The van der Waals surface area contributed by atoms with Gasteiger partial charge in [-0.2, -0.15) is 0 Å². The van der Waals surface area contributed by atoms with Crippen molar-refractivity contribution in [3.05, 3.63) is 0 Å². The monoisotopic (exact) mass is 127 g/mol. The van der Waals surface area contributed by atoms with Crippen molar-refractivity contribution in [2.24, 2.45) is 0 Å². The van der Waals surface area contributed by atoms with Crippen molar-refractivity contribution in [2.75, 3.05) is 0 Å². The Hall–Kier alpha value is 0.170. The summed E-state index contributed by atoms with van der Waals surface area (Å²) in [5.41, 5.74) is 0. The van der Waals surface area contributed by atoms with E-state index in [0.29, 0.717) is 0 Å². The van der Waals surface area contributed by atoms with E-state index in [0.717, 1.165) is 0 Å². The van der Waals surface area contributed by atoms with Crippen molar-refractivity contribution in [2.45, 2.75) is 0 Å². The summed E-state index contributed by atoms with van der Waals surface area (Å²) in [7, 11) is -6.16. The van der Waals surface area contributed by atoms with E-state index in [-0.39, 0.29) is 0 Å². The molecule has 0 aliphatic heterocycles. The van der Waals surface area contributed by atoms with Crippen LogP contribution in [0.3, 0.4) is 0 Å². The van der Waals surface area contributed by atoms with Crippen LogP contribution in [0, 0.1) is 0 Å².